The Morgan fingerprint density at radius 1 is 1.27 bits per heavy atom. The molecule has 0 amide bonds. The zero-order valence-electron chi connectivity index (χ0n) is 12.9. The van der Waals surface area contributed by atoms with Crippen LogP contribution in [0.3, 0.4) is 0 Å². The van der Waals surface area contributed by atoms with Gasteiger partial charge in [0.2, 0.25) is 10.0 Å². The Morgan fingerprint density at radius 2 is 1.91 bits per heavy atom. The first kappa shape index (κ1) is 18.4. The normalized spacial score (nSPS) is 12.7. The lowest BCUT2D eigenvalue weighted by Crippen LogP contribution is -2.35. The topological polar surface area (TPSA) is 90.9 Å². The Labute approximate surface area is 130 Å². The number of hydrogen-bond acceptors (Lipinski definition) is 6. The summed E-state index contributed by atoms with van der Waals surface area (Å²) in [5.74, 6) is -0.0915. The van der Waals surface area contributed by atoms with Crippen molar-refractivity contribution in [1.82, 2.24) is 4.72 Å². The van der Waals surface area contributed by atoms with Crippen LogP contribution in [0.1, 0.15) is 13.8 Å². The van der Waals surface area contributed by atoms with E-state index in [-0.39, 0.29) is 30.8 Å². The van der Waals surface area contributed by atoms with Crippen molar-refractivity contribution in [3.05, 3.63) is 24.3 Å². The summed E-state index contributed by atoms with van der Waals surface area (Å²) in [6.45, 7) is 3.75. The quantitative estimate of drug-likeness (QED) is 0.677. The highest BCUT2D eigenvalue weighted by Gasteiger charge is 2.17. The second kappa shape index (κ2) is 8.72. The zero-order valence-corrected chi connectivity index (χ0v) is 13.7. The number of carbonyl (C=O) groups excluding carboxylic acids is 1. The van der Waals surface area contributed by atoms with Crippen molar-refractivity contribution in [3.8, 4) is 5.75 Å². The maximum Gasteiger partial charge on any atom is 0.344 e. The van der Waals surface area contributed by atoms with Crippen LogP contribution < -0.4 is 9.46 Å². The molecular formula is C14H21NO6S. The molecule has 0 fully saturated rings. The Balaban J connectivity index is 2.65. The number of benzene rings is 1. The predicted molar refractivity (Wildman–Crippen MR) is 80.2 cm³/mol. The zero-order chi connectivity index (χ0) is 16.6. The van der Waals surface area contributed by atoms with E-state index in [2.05, 4.69) is 4.72 Å². The van der Waals surface area contributed by atoms with Gasteiger partial charge in [0.25, 0.3) is 0 Å². The van der Waals surface area contributed by atoms with Crippen molar-refractivity contribution >= 4 is 16.0 Å². The predicted octanol–water partition coefficient (Wildman–Crippen LogP) is 0.942. The second-order valence-corrected chi connectivity index (χ2v) is 6.26. The molecule has 1 aromatic carbocycles. The smallest absolute Gasteiger partial charge is 0.344 e. The fourth-order valence-corrected chi connectivity index (χ4v) is 2.91. The maximum atomic E-state index is 12.1. The van der Waals surface area contributed by atoms with E-state index < -0.39 is 16.0 Å². The number of hydrogen-bond donors (Lipinski definition) is 1. The molecule has 1 aromatic rings. The summed E-state index contributed by atoms with van der Waals surface area (Å²) < 4.78 is 41.5. The molecule has 7 nitrogen and oxygen atoms in total. The number of methoxy groups -OCH3 is 1. The molecule has 22 heavy (non-hydrogen) atoms. The summed E-state index contributed by atoms with van der Waals surface area (Å²) in [7, 11) is -2.12. The number of carbonyl (C=O) groups is 1. The van der Waals surface area contributed by atoms with E-state index in [0.29, 0.717) is 5.75 Å². The molecule has 1 atom stereocenters. The lowest BCUT2D eigenvalue weighted by atomic mass is 10.3. The highest BCUT2D eigenvalue weighted by atomic mass is 32.2. The van der Waals surface area contributed by atoms with Gasteiger partial charge in [0.05, 0.1) is 18.1 Å². The summed E-state index contributed by atoms with van der Waals surface area (Å²) in [6, 6.07) is 5.43. The molecule has 0 aliphatic heterocycles. The number of nitrogens with one attached hydrogen (secondary N) is 1. The van der Waals surface area contributed by atoms with E-state index in [4.69, 9.17) is 14.2 Å². The molecule has 0 bridgehead atoms. The van der Waals surface area contributed by atoms with Crippen LogP contribution in [0, 0.1) is 0 Å². The lowest BCUT2D eigenvalue weighted by Gasteiger charge is -2.13. The molecule has 8 heteroatoms. The van der Waals surface area contributed by atoms with Gasteiger partial charge in [0.1, 0.15) is 5.75 Å². The Morgan fingerprint density at radius 3 is 2.45 bits per heavy atom. The largest absolute Gasteiger partial charge is 0.482 e. The molecule has 124 valence electrons. The second-order valence-electron chi connectivity index (χ2n) is 4.54. The average molecular weight is 331 g/mol. The molecular weight excluding hydrogens is 310 g/mol. The first-order valence-electron chi connectivity index (χ1n) is 6.78. The van der Waals surface area contributed by atoms with Gasteiger partial charge in [0.15, 0.2) is 6.61 Å². The van der Waals surface area contributed by atoms with Gasteiger partial charge < -0.3 is 14.2 Å². The van der Waals surface area contributed by atoms with Crippen LogP contribution in [0.2, 0.25) is 0 Å². The van der Waals surface area contributed by atoms with Gasteiger partial charge in [-0.1, -0.05) is 0 Å². The SMILES string of the molecule is CCOC(=O)COc1ccc(S(=O)(=O)N[C@H](C)COC)cc1. The third-order valence-corrected chi connectivity index (χ3v) is 4.17. The van der Waals surface area contributed by atoms with E-state index in [0.717, 1.165) is 0 Å². The highest BCUT2D eigenvalue weighted by molar-refractivity contribution is 7.89. The van der Waals surface area contributed by atoms with Gasteiger partial charge in [-0.05, 0) is 38.1 Å². The van der Waals surface area contributed by atoms with E-state index in [1.54, 1.807) is 13.8 Å². The van der Waals surface area contributed by atoms with E-state index in [1.807, 2.05) is 0 Å². The van der Waals surface area contributed by atoms with Gasteiger partial charge in [-0.15, -0.1) is 0 Å². The van der Waals surface area contributed by atoms with Crippen molar-refractivity contribution in [3.63, 3.8) is 0 Å². The van der Waals surface area contributed by atoms with Crippen molar-refractivity contribution in [2.75, 3.05) is 26.9 Å². The molecule has 0 unspecified atom stereocenters. The molecule has 0 saturated heterocycles. The standard InChI is InChI=1S/C14H21NO6S/c1-4-20-14(16)10-21-12-5-7-13(8-6-12)22(17,18)15-11(2)9-19-3/h5-8,11,15H,4,9-10H2,1-3H3/t11-/m1/s1. The van der Waals surface area contributed by atoms with Crippen molar-refractivity contribution in [2.24, 2.45) is 0 Å². The molecule has 0 radical (unpaired) electrons. The minimum atomic E-state index is -3.62. The van der Waals surface area contributed by atoms with Crippen LogP contribution in [0.15, 0.2) is 29.2 Å². The summed E-state index contributed by atoms with van der Waals surface area (Å²) in [5.41, 5.74) is 0. The van der Waals surface area contributed by atoms with Crippen LogP contribution in [-0.4, -0.2) is 47.4 Å². The molecule has 0 saturated carbocycles. The van der Waals surface area contributed by atoms with E-state index in [9.17, 15) is 13.2 Å². The molecule has 0 heterocycles. The van der Waals surface area contributed by atoms with Crippen LogP contribution >= 0.6 is 0 Å². The number of sulfonamides is 1. The molecule has 1 rings (SSSR count). The lowest BCUT2D eigenvalue weighted by molar-refractivity contribution is -0.145. The monoisotopic (exact) mass is 331 g/mol. The Hall–Kier alpha value is -1.64. The fraction of sp³-hybridized carbons (Fsp3) is 0.500. The summed E-state index contributed by atoms with van der Waals surface area (Å²) in [6.07, 6.45) is 0. The maximum absolute atomic E-state index is 12.1. The molecule has 1 N–H and O–H groups in total. The van der Waals surface area contributed by atoms with Gasteiger partial charge in [-0.3, -0.25) is 0 Å². The van der Waals surface area contributed by atoms with E-state index >= 15 is 0 Å². The molecule has 0 aliphatic carbocycles. The van der Waals surface area contributed by atoms with Crippen molar-refractivity contribution < 1.29 is 27.4 Å². The van der Waals surface area contributed by atoms with Gasteiger partial charge in [0, 0.05) is 13.2 Å². The highest BCUT2D eigenvalue weighted by Crippen LogP contribution is 2.16. The summed E-state index contributed by atoms with van der Waals surface area (Å²) >= 11 is 0. The van der Waals surface area contributed by atoms with Crippen molar-refractivity contribution in [2.45, 2.75) is 24.8 Å². The molecule has 0 aromatic heterocycles. The van der Waals surface area contributed by atoms with Gasteiger partial charge in [-0.25, -0.2) is 17.9 Å². The summed E-state index contributed by atoms with van der Waals surface area (Å²) in [5, 5.41) is 0. The fourth-order valence-electron chi connectivity index (χ4n) is 1.68. The number of ether oxygens (including phenoxy) is 3. The van der Waals surface area contributed by atoms with Gasteiger partial charge in [-0.2, -0.15) is 0 Å². The Kier molecular flexibility index (Phi) is 7.30. The molecule has 0 spiro atoms. The number of rotatable bonds is 9. The van der Waals surface area contributed by atoms with Crippen LogP contribution in [0.5, 0.6) is 5.75 Å². The number of esters is 1. The average Bonchev–Trinajstić information content (AvgIpc) is 2.45. The summed E-state index contributed by atoms with van der Waals surface area (Å²) in [4.78, 5) is 11.3. The minimum absolute atomic E-state index is 0.110. The third-order valence-electron chi connectivity index (χ3n) is 2.57. The van der Waals surface area contributed by atoms with E-state index in [1.165, 1.54) is 31.4 Å². The first-order valence-corrected chi connectivity index (χ1v) is 8.27. The molecule has 0 aliphatic rings. The minimum Gasteiger partial charge on any atom is -0.482 e. The van der Waals surface area contributed by atoms with Crippen LogP contribution in [0.25, 0.3) is 0 Å². The Bertz CT molecular complexity index is 570. The first-order chi connectivity index (χ1) is 10.4. The van der Waals surface area contributed by atoms with Gasteiger partial charge >= 0.3 is 5.97 Å². The van der Waals surface area contributed by atoms with Crippen LogP contribution in [-0.2, 0) is 24.3 Å². The third kappa shape index (κ3) is 6.00. The van der Waals surface area contributed by atoms with Crippen LogP contribution in [0.4, 0.5) is 0 Å². The van der Waals surface area contributed by atoms with Crippen molar-refractivity contribution in [1.29, 1.82) is 0 Å².